The minimum absolute atomic E-state index is 1.50. The van der Waals surface area contributed by atoms with E-state index in [0.717, 1.165) is 0 Å². The van der Waals surface area contributed by atoms with E-state index in [4.69, 9.17) is 15.3 Å². The van der Waals surface area contributed by atoms with Crippen LogP contribution in [0.15, 0.2) is 24.5 Å². The molecule has 0 spiro atoms. The molecule has 0 aromatic carbocycles. The van der Waals surface area contributed by atoms with Gasteiger partial charge in [-0.2, -0.15) is 10.2 Å². The lowest BCUT2D eigenvalue weighted by Gasteiger charge is -1.69. The second-order valence-electron chi connectivity index (χ2n) is 1.15. The molecule has 6 heteroatoms. The summed E-state index contributed by atoms with van der Waals surface area (Å²) in [5.41, 5.74) is 0. The van der Waals surface area contributed by atoms with Crippen LogP contribution in [-0.4, -0.2) is 20.5 Å². The van der Waals surface area contributed by atoms with Gasteiger partial charge in [-0.25, -0.2) is 0 Å². The van der Waals surface area contributed by atoms with Gasteiger partial charge in [0, 0.05) is 12.4 Å². The van der Waals surface area contributed by atoms with Gasteiger partial charge in [0.25, 0.3) is 5.09 Å². The highest BCUT2D eigenvalue weighted by atomic mass is 16.9. The van der Waals surface area contributed by atoms with Crippen LogP contribution in [0.25, 0.3) is 0 Å². The molecule has 0 amide bonds. The Bertz CT molecular complexity index is 148. The van der Waals surface area contributed by atoms with Crippen molar-refractivity contribution >= 4 is 0 Å². The second kappa shape index (κ2) is 5.42. The van der Waals surface area contributed by atoms with Gasteiger partial charge in [0.15, 0.2) is 0 Å². The molecular formula is C4H5N3O3. The van der Waals surface area contributed by atoms with E-state index in [9.17, 15) is 0 Å². The van der Waals surface area contributed by atoms with E-state index < -0.39 is 5.09 Å². The van der Waals surface area contributed by atoms with Gasteiger partial charge in [0.2, 0.25) is 0 Å². The molecule has 0 saturated carbocycles. The summed E-state index contributed by atoms with van der Waals surface area (Å²) >= 11 is 0. The largest absolute Gasteiger partial charge is 0.328 e. The van der Waals surface area contributed by atoms with Gasteiger partial charge < -0.3 is 5.21 Å². The molecule has 0 aliphatic heterocycles. The normalized spacial score (nSPS) is 7.20. The maximum atomic E-state index is 8.36. The van der Waals surface area contributed by atoms with Crippen molar-refractivity contribution in [3.63, 3.8) is 0 Å². The number of rotatable bonds is 0. The van der Waals surface area contributed by atoms with Crippen molar-refractivity contribution in [1.29, 1.82) is 0 Å². The molecule has 1 N–H and O–H groups in total. The van der Waals surface area contributed by atoms with Crippen LogP contribution in [0.4, 0.5) is 0 Å². The first-order valence-corrected chi connectivity index (χ1v) is 2.28. The fourth-order valence-electron chi connectivity index (χ4n) is 0.253. The van der Waals surface area contributed by atoms with E-state index in [1.807, 2.05) is 12.1 Å². The first kappa shape index (κ1) is 8.28. The lowest BCUT2D eigenvalue weighted by atomic mass is 10.6. The van der Waals surface area contributed by atoms with Gasteiger partial charge in [-0.3, -0.25) is 0 Å². The van der Waals surface area contributed by atoms with E-state index >= 15 is 0 Å². The van der Waals surface area contributed by atoms with Gasteiger partial charge >= 0.3 is 0 Å². The lowest BCUT2D eigenvalue weighted by Crippen LogP contribution is -1.81. The third-order valence-electron chi connectivity index (χ3n) is 0.483. The topological polar surface area (TPSA) is 89.2 Å². The fourth-order valence-corrected chi connectivity index (χ4v) is 0.253. The Morgan fingerprint density at radius 2 is 1.60 bits per heavy atom. The molecule has 0 radical (unpaired) electrons. The average molecular weight is 143 g/mol. The van der Waals surface area contributed by atoms with Crippen molar-refractivity contribution in [3.8, 4) is 0 Å². The Labute approximate surface area is 56.2 Å². The van der Waals surface area contributed by atoms with Crippen LogP contribution in [0.1, 0.15) is 0 Å². The molecule has 0 fully saturated rings. The van der Waals surface area contributed by atoms with Crippen LogP contribution in [-0.2, 0) is 0 Å². The molecule has 0 bridgehead atoms. The highest BCUT2D eigenvalue weighted by molar-refractivity contribution is 4.79. The Kier molecular flexibility index (Phi) is 4.49. The molecule has 6 nitrogen and oxygen atoms in total. The Hall–Kier alpha value is -1.72. The van der Waals surface area contributed by atoms with Crippen molar-refractivity contribution < 1.29 is 10.3 Å². The zero-order chi connectivity index (χ0) is 7.82. The fraction of sp³-hybridized carbons (Fsp3) is 0. The molecule has 10 heavy (non-hydrogen) atoms. The van der Waals surface area contributed by atoms with Crippen molar-refractivity contribution in [3.05, 3.63) is 34.6 Å². The zero-order valence-corrected chi connectivity index (χ0v) is 4.91. The molecule has 0 atom stereocenters. The van der Waals surface area contributed by atoms with Crippen LogP contribution >= 0.6 is 0 Å². The van der Waals surface area contributed by atoms with Gasteiger partial charge in [0.1, 0.15) is 0 Å². The molecule has 0 aliphatic rings. The molecule has 1 aromatic rings. The standard InChI is InChI=1S/C4H4N2.HNO3/c1-2-4-6-5-3-1;2-1(3)4/h1-4H;(H,2,3,4). The minimum Gasteiger partial charge on any atom is -0.328 e. The summed E-state index contributed by atoms with van der Waals surface area (Å²) in [6.07, 6.45) is 3.28. The summed E-state index contributed by atoms with van der Waals surface area (Å²) in [6, 6.07) is 3.65. The van der Waals surface area contributed by atoms with Crippen LogP contribution in [0, 0.1) is 10.1 Å². The maximum Gasteiger partial charge on any atom is 0.291 e. The number of nitrogens with zero attached hydrogens (tertiary/aromatic N) is 3. The van der Waals surface area contributed by atoms with Gasteiger partial charge in [-0.1, -0.05) is 0 Å². The third-order valence-corrected chi connectivity index (χ3v) is 0.483. The molecule has 1 rings (SSSR count). The highest BCUT2D eigenvalue weighted by Crippen LogP contribution is 1.68. The van der Waals surface area contributed by atoms with E-state index in [1.54, 1.807) is 12.4 Å². The molecule has 0 unspecified atom stereocenters. The van der Waals surface area contributed by atoms with E-state index in [1.165, 1.54) is 0 Å². The average Bonchev–Trinajstić information content (AvgIpc) is 1.90. The van der Waals surface area contributed by atoms with Crippen molar-refractivity contribution in [2.24, 2.45) is 0 Å². The molecule has 1 aromatic heterocycles. The molecule has 0 saturated heterocycles. The summed E-state index contributed by atoms with van der Waals surface area (Å²) in [6.45, 7) is 0. The van der Waals surface area contributed by atoms with E-state index in [2.05, 4.69) is 10.2 Å². The SMILES string of the molecule is O=[N+]([O-])O.c1ccnnc1. The lowest BCUT2D eigenvalue weighted by molar-refractivity contribution is -0.742. The Morgan fingerprint density at radius 3 is 1.70 bits per heavy atom. The number of aromatic nitrogens is 2. The van der Waals surface area contributed by atoms with Crippen molar-refractivity contribution in [2.75, 3.05) is 0 Å². The Morgan fingerprint density at radius 1 is 1.30 bits per heavy atom. The second-order valence-corrected chi connectivity index (χ2v) is 1.15. The quantitative estimate of drug-likeness (QED) is 0.411. The number of hydrogen-bond donors (Lipinski definition) is 1. The maximum absolute atomic E-state index is 8.36. The predicted molar refractivity (Wildman–Crippen MR) is 30.8 cm³/mol. The molecule has 0 aliphatic carbocycles. The van der Waals surface area contributed by atoms with Gasteiger partial charge in [0.05, 0.1) is 0 Å². The summed E-state index contributed by atoms with van der Waals surface area (Å²) in [5.74, 6) is 0. The van der Waals surface area contributed by atoms with Crippen LogP contribution in [0.3, 0.4) is 0 Å². The number of hydrogen-bond acceptors (Lipinski definition) is 4. The minimum atomic E-state index is -1.50. The predicted octanol–water partition coefficient (Wildman–Crippen LogP) is 0.129. The summed E-state index contributed by atoms with van der Waals surface area (Å²) in [7, 11) is 0. The molecule has 1 heterocycles. The monoisotopic (exact) mass is 143 g/mol. The first-order valence-electron chi connectivity index (χ1n) is 2.28. The summed E-state index contributed by atoms with van der Waals surface area (Å²) in [4.78, 5) is 8.36. The highest BCUT2D eigenvalue weighted by Gasteiger charge is 1.65. The summed E-state index contributed by atoms with van der Waals surface area (Å²) < 4.78 is 0. The van der Waals surface area contributed by atoms with Crippen LogP contribution in [0.5, 0.6) is 0 Å². The van der Waals surface area contributed by atoms with Gasteiger partial charge in [-0.15, -0.1) is 10.1 Å². The van der Waals surface area contributed by atoms with Crippen molar-refractivity contribution in [2.45, 2.75) is 0 Å². The first-order chi connectivity index (χ1) is 4.73. The van der Waals surface area contributed by atoms with E-state index in [0.29, 0.717) is 0 Å². The summed E-state index contributed by atoms with van der Waals surface area (Å²) in [5, 5.41) is 20.7. The third kappa shape index (κ3) is 9.56. The van der Waals surface area contributed by atoms with Crippen LogP contribution in [0.2, 0.25) is 0 Å². The van der Waals surface area contributed by atoms with Gasteiger partial charge in [-0.05, 0) is 12.1 Å². The van der Waals surface area contributed by atoms with E-state index in [-0.39, 0.29) is 0 Å². The smallest absolute Gasteiger partial charge is 0.291 e. The molecule has 54 valence electrons. The molecular weight excluding hydrogens is 138 g/mol. The zero-order valence-electron chi connectivity index (χ0n) is 4.91. The van der Waals surface area contributed by atoms with Crippen molar-refractivity contribution in [1.82, 2.24) is 10.2 Å². The van der Waals surface area contributed by atoms with Crippen LogP contribution < -0.4 is 0 Å². The Balaban J connectivity index is 0.000000180.